The first-order valence-corrected chi connectivity index (χ1v) is 10.3. The summed E-state index contributed by atoms with van der Waals surface area (Å²) in [5.41, 5.74) is -3.09. The summed E-state index contributed by atoms with van der Waals surface area (Å²) in [4.78, 5) is 8.28. The maximum Gasteiger partial charge on any atom is 0.534 e. The highest BCUT2D eigenvalue weighted by Crippen LogP contribution is 2.32. The molecule has 1 N–H and O–H groups in total. The molecule has 28 heavy (non-hydrogen) atoms. The van der Waals surface area contributed by atoms with Gasteiger partial charge in [0.05, 0.1) is 5.69 Å². The summed E-state index contributed by atoms with van der Waals surface area (Å²) < 4.78 is 63.9. The van der Waals surface area contributed by atoms with E-state index in [0.717, 1.165) is 16.8 Å². The van der Waals surface area contributed by atoms with Gasteiger partial charge in [0.1, 0.15) is 22.9 Å². The molecular formula is C17H17ClF3N3O3S. The van der Waals surface area contributed by atoms with Crippen LogP contribution in [0.25, 0.3) is 0 Å². The summed E-state index contributed by atoms with van der Waals surface area (Å²) in [6.45, 7) is 1.94. The Morgan fingerprint density at radius 3 is 2.71 bits per heavy atom. The molecule has 6 nitrogen and oxygen atoms in total. The van der Waals surface area contributed by atoms with Crippen LogP contribution in [0.2, 0.25) is 5.02 Å². The Labute approximate surface area is 165 Å². The SMILES string of the molecule is CCc1ncnc(NC2CCc3cc(OS(=O)(=O)C(F)(F)F)ccc3C2)c1Cl. The van der Waals surface area contributed by atoms with Gasteiger partial charge in [-0.3, -0.25) is 0 Å². The van der Waals surface area contributed by atoms with Crippen molar-refractivity contribution in [3.8, 4) is 5.75 Å². The predicted molar refractivity (Wildman–Crippen MR) is 97.9 cm³/mol. The van der Waals surface area contributed by atoms with E-state index in [0.29, 0.717) is 36.5 Å². The minimum Gasteiger partial charge on any atom is -0.376 e. The minimum absolute atomic E-state index is 0.0234. The first kappa shape index (κ1) is 20.7. The van der Waals surface area contributed by atoms with Gasteiger partial charge in [-0.2, -0.15) is 21.6 Å². The van der Waals surface area contributed by atoms with Gasteiger partial charge in [-0.05, 0) is 48.9 Å². The summed E-state index contributed by atoms with van der Waals surface area (Å²) in [6.07, 6.45) is 3.91. The average Bonchev–Trinajstić information content (AvgIpc) is 2.62. The third-order valence-corrected chi connectivity index (χ3v) is 5.81. The maximum absolute atomic E-state index is 12.5. The highest BCUT2D eigenvalue weighted by molar-refractivity contribution is 7.88. The third kappa shape index (κ3) is 4.33. The van der Waals surface area contributed by atoms with Crippen LogP contribution in [0.1, 0.15) is 30.2 Å². The van der Waals surface area contributed by atoms with E-state index in [1.165, 1.54) is 18.5 Å². The molecule has 11 heteroatoms. The molecule has 1 aliphatic carbocycles. The zero-order valence-corrected chi connectivity index (χ0v) is 16.3. The molecule has 1 atom stereocenters. The Hall–Kier alpha value is -2.07. The Morgan fingerprint density at radius 2 is 2.04 bits per heavy atom. The number of benzene rings is 1. The number of hydrogen-bond acceptors (Lipinski definition) is 6. The highest BCUT2D eigenvalue weighted by atomic mass is 35.5. The van der Waals surface area contributed by atoms with Crippen molar-refractivity contribution < 1.29 is 25.8 Å². The van der Waals surface area contributed by atoms with Crippen molar-refractivity contribution in [2.45, 2.75) is 44.2 Å². The molecule has 0 bridgehead atoms. The lowest BCUT2D eigenvalue weighted by atomic mass is 9.88. The Balaban J connectivity index is 1.73. The Morgan fingerprint density at radius 1 is 1.29 bits per heavy atom. The van der Waals surface area contributed by atoms with E-state index in [-0.39, 0.29) is 11.8 Å². The molecule has 1 unspecified atom stereocenters. The number of alkyl halides is 3. The quantitative estimate of drug-likeness (QED) is 0.567. The number of hydrogen-bond donors (Lipinski definition) is 1. The van der Waals surface area contributed by atoms with Crippen LogP contribution in [0.4, 0.5) is 19.0 Å². The smallest absolute Gasteiger partial charge is 0.376 e. The molecule has 1 heterocycles. The van der Waals surface area contributed by atoms with Crippen LogP contribution in [0.5, 0.6) is 5.75 Å². The molecule has 0 saturated carbocycles. The summed E-state index contributed by atoms with van der Waals surface area (Å²) in [5.74, 6) is 0.187. The molecular weight excluding hydrogens is 419 g/mol. The van der Waals surface area contributed by atoms with Gasteiger partial charge in [-0.15, -0.1) is 0 Å². The van der Waals surface area contributed by atoms with E-state index in [4.69, 9.17) is 11.6 Å². The zero-order chi connectivity index (χ0) is 20.5. The van der Waals surface area contributed by atoms with Crippen LogP contribution in [-0.4, -0.2) is 29.9 Å². The molecule has 0 spiro atoms. The molecule has 0 amide bonds. The second kappa shape index (κ2) is 7.75. The Bertz CT molecular complexity index is 983. The van der Waals surface area contributed by atoms with Crippen molar-refractivity contribution in [3.05, 3.63) is 46.4 Å². The summed E-state index contributed by atoms with van der Waals surface area (Å²) >= 11 is 6.29. The van der Waals surface area contributed by atoms with Gasteiger partial charge < -0.3 is 9.50 Å². The summed E-state index contributed by atoms with van der Waals surface area (Å²) in [7, 11) is -5.68. The van der Waals surface area contributed by atoms with Gasteiger partial charge in [0, 0.05) is 6.04 Å². The van der Waals surface area contributed by atoms with Crippen LogP contribution < -0.4 is 9.50 Å². The first-order valence-electron chi connectivity index (χ1n) is 8.49. The molecule has 1 aromatic heterocycles. The molecule has 2 aromatic rings. The normalized spacial score (nSPS) is 17.1. The number of aryl methyl sites for hydroxylation is 2. The van der Waals surface area contributed by atoms with Gasteiger partial charge >= 0.3 is 15.6 Å². The lowest BCUT2D eigenvalue weighted by Crippen LogP contribution is -2.29. The largest absolute Gasteiger partial charge is 0.534 e. The van der Waals surface area contributed by atoms with Crippen molar-refractivity contribution in [1.29, 1.82) is 0 Å². The number of halogens is 4. The molecule has 152 valence electrons. The van der Waals surface area contributed by atoms with Crippen LogP contribution in [0.15, 0.2) is 24.5 Å². The molecule has 3 rings (SSSR count). The average molecular weight is 436 g/mol. The van der Waals surface area contributed by atoms with E-state index in [9.17, 15) is 21.6 Å². The minimum atomic E-state index is -5.68. The molecule has 0 radical (unpaired) electrons. The van der Waals surface area contributed by atoms with E-state index in [1.54, 1.807) is 6.07 Å². The lowest BCUT2D eigenvalue weighted by molar-refractivity contribution is -0.0500. The highest BCUT2D eigenvalue weighted by Gasteiger charge is 2.48. The second-order valence-corrected chi connectivity index (χ2v) is 8.25. The van der Waals surface area contributed by atoms with Crippen LogP contribution in [0, 0.1) is 0 Å². The third-order valence-electron chi connectivity index (χ3n) is 4.43. The molecule has 1 aromatic carbocycles. The lowest BCUT2D eigenvalue weighted by Gasteiger charge is -2.26. The van der Waals surface area contributed by atoms with E-state index in [2.05, 4.69) is 19.5 Å². The molecule has 0 fully saturated rings. The number of nitrogens with zero attached hydrogens (tertiary/aromatic N) is 2. The number of nitrogens with one attached hydrogen (secondary N) is 1. The maximum atomic E-state index is 12.5. The monoisotopic (exact) mass is 435 g/mol. The topological polar surface area (TPSA) is 81.2 Å². The second-order valence-electron chi connectivity index (χ2n) is 6.33. The fourth-order valence-corrected chi connectivity index (χ4v) is 3.76. The molecule has 1 aliphatic rings. The number of fused-ring (bicyclic) bond motifs is 1. The zero-order valence-electron chi connectivity index (χ0n) is 14.8. The molecule has 0 aliphatic heterocycles. The van der Waals surface area contributed by atoms with Crippen molar-refractivity contribution >= 4 is 27.5 Å². The fraction of sp³-hybridized carbons (Fsp3) is 0.412. The van der Waals surface area contributed by atoms with Crippen molar-refractivity contribution in [2.24, 2.45) is 0 Å². The van der Waals surface area contributed by atoms with E-state index >= 15 is 0 Å². The summed E-state index contributed by atoms with van der Waals surface area (Å²) in [5, 5.41) is 3.75. The van der Waals surface area contributed by atoms with Crippen LogP contribution in [-0.2, 0) is 29.4 Å². The summed E-state index contributed by atoms with van der Waals surface area (Å²) in [6, 6.07) is 4.15. The first-order chi connectivity index (χ1) is 13.1. The number of aromatic nitrogens is 2. The van der Waals surface area contributed by atoms with Gasteiger partial charge in [-0.25, -0.2) is 9.97 Å². The number of rotatable bonds is 5. The van der Waals surface area contributed by atoms with Gasteiger partial charge in [0.15, 0.2) is 0 Å². The standard InChI is InChI=1S/C17H17ClF3N3O3S/c1-2-14-15(18)16(23-9-22-14)24-12-5-3-11-8-13(6-4-10(11)7-12)27-28(25,26)17(19,20)21/h4,6,8-9,12H,2-3,5,7H2,1H3,(H,22,23,24). The van der Waals surface area contributed by atoms with Crippen molar-refractivity contribution in [2.75, 3.05) is 5.32 Å². The van der Waals surface area contributed by atoms with Crippen molar-refractivity contribution in [1.82, 2.24) is 9.97 Å². The van der Waals surface area contributed by atoms with Crippen LogP contribution >= 0.6 is 11.6 Å². The van der Waals surface area contributed by atoms with Gasteiger partial charge in [0.2, 0.25) is 0 Å². The van der Waals surface area contributed by atoms with Crippen molar-refractivity contribution in [3.63, 3.8) is 0 Å². The predicted octanol–water partition coefficient (Wildman–Crippen LogP) is 3.89. The van der Waals surface area contributed by atoms with E-state index < -0.39 is 15.6 Å². The number of anilines is 1. The van der Waals surface area contributed by atoms with Gasteiger partial charge in [-0.1, -0.05) is 24.6 Å². The van der Waals surface area contributed by atoms with Gasteiger partial charge in [0.25, 0.3) is 0 Å². The Kier molecular flexibility index (Phi) is 5.72. The van der Waals surface area contributed by atoms with E-state index in [1.807, 2.05) is 6.92 Å². The molecule has 0 saturated heterocycles. The fourth-order valence-electron chi connectivity index (χ4n) is 3.03. The van der Waals surface area contributed by atoms with Crippen LogP contribution in [0.3, 0.4) is 0 Å².